The number of benzene rings is 2. The zero-order valence-electron chi connectivity index (χ0n) is 14.7. The van der Waals surface area contributed by atoms with Gasteiger partial charge >= 0.3 is 0 Å². The number of hydrogen-bond acceptors (Lipinski definition) is 5. The van der Waals surface area contributed by atoms with E-state index in [0.717, 1.165) is 17.0 Å². The first kappa shape index (κ1) is 16.3. The van der Waals surface area contributed by atoms with Crippen LogP contribution in [0.4, 0.5) is 5.69 Å². The van der Waals surface area contributed by atoms with Crippen LogP contribution < -0.4 is 9.64 Å². The van der Waals surface area contributed by atoms with E-state index in [1.165, 1.54) is 5.56 Å². The number of carbonyl (C=O) groups is 1. The minimum Gasteiger partial charge on any atom is -0.497 e. The fraction of sp³-hybridized carbons (Fsp3) is 0.250. The number of anilines is 1. The Bertz CT molecular complexity index is 933. The van der Waals surface area contributed by atoms with Crippen LogP contribution in [0.3, 0.4) is 0 Å². The van der Waals surface area contributed by atoms with Crippen molar-refractivity contribution in [2.45, 2.75) is 19.3 Å². The van der Waals surface area contributed by atoms with Crippen LogP contribution in [0.25, 0.3) is 11.5 Å². The van der Waals surface area contributed by atoms with Crippen LogP contribution in [0, 0.1) is 6.92 Å². The lowest BCUT2D eigenvalue weighted by molar-refractivity contribution is -0.117. The zero-order chi connectivity index (χ0) is 18.1. The molecule has 1 aliphatic heterocycles. The maximum absolute atomic E-state index is 12.5. The molecule has 1 atom stereocenters. The minimum absolute atomic E-state index is 0.0462. The Morgan fingerprint density at radius 3 is 2.77 bits per heavy atom. The first-order valence-corrected chi connectivity index (χ1v) is 8.49. The molecule has 26 heavy (non-hydrogen) atoms. The van der Waals surface area contributed by atoms with Crippen molar-refractivity contribution >= 4 is 11.6 Å². The van der Waals surface area contributed by atoms with Gasteiger partial charge in [0, 0.05) is 36.2 Å². The predicted molar refractivity (Wildman–Crippen MR) is 97.2 cm³/mol. The molecule has 0 radical (unpaired) electrons. The summed E-state index contributed by atoms with van der Waals surface area (Å²) in [5.41, 5.74) is 2.87. The average Bonchev–Trinajstić information content (AvgIpc) is 3.29. The van der Waals surface area contributed by atoms with Gasteiger partial charge in [0.15, 0.2) is 5.82 Å². The highest BCUT2D eigenvalue weighted by Gasteiger charge is 2.34. The molecule has 0 spiro atoms. The number of ether oxygens (including phenoxy) is 1. The van der Waals surface area contributed by atoms with E-state index in [9.17, 15) is 4.79 Å². The standard InChI is InChI=1S/C20H19N3O3/c1-13-6-8-14(9-7-13)20-21-19(22-26-20)15-10-18(24)23(12-15)16-4-3-5-17(11-16)25-2/h3-9,11,15H,10,12H2,1-2H3. The number of methoxy groups -OCH3 is 1. The van der Waals surface area contributed by atoms with Gasteiger partial charge in [-0.15, -0.1) is 0 Å². The van der Waals surface area contributed by atoms with Crippen molar-refractivity contribution in [2.24, 2.45) is 0 Å². The van der Waals surface area contributed by atoms with Crippen LogP contribution in [0.5, 0.6) is 5.75 Å². The van der Waals surface area contributed by atoms with E-state index in [-0.39, 0.29) is 11.8 Å². The van der Waals surface area contributed by atoms with E-state index in [0.29, 0.717) is 24.7 Å². The molecular weight excluding hydrogens is 330 g/mol. The average molecular weight is 349 g/mol. The predicted octanol–water partition coefficient (Wildman–Crippen LogP) is 3.57. The van der Waals surface area contributed by atoms with Crippen molar-refractivity contribution < 1.29 is 14.1 Å². The lowest BCUT2D eigenvalue weighted by Gasteiger charge is -2.16. The van der Waals surface area contributed by atoms with Crippen molar-refractivity contribution in [1.82, 2.24) is 10.1 Å². The van der Waals surface area contributed by atoms with Gasteiger partial charge in [-0.1, -0.05) is 28.9 Å². The Labute approximate surface area is 151 Å². The van der Waals surface area contributed by atoms with E-state index in [4.69, 9.17) is 9.26 Å². The topological polar surface area (TPSA) is 68.5 Å². The van der Waals surface area contributed by atoms with Crippen molar-refractivity contribution in [3.05, 3.63) is 59.9 Å². The Hall–Kier alpha value is -3.15. The molecule has 2 heterocycles. The van der Waals surface area contributed by atoms with E-state index < -0.39 is 0 Å². The fourth-order valence-corrected chi connectivity index (χ4v) is 3.12. The normalized spacial score (nSPS) is 16.9. The van der Waals surface area contributed by atoms with E-state index in [1.807, 2.05) is 55.5 Å². The molecule has 6 nitrogen and oxygen atoms in total. The van der Waals surface area contributed by atoms with Crippen LogP contribution in [-0.2, 0) is 4.79 Å². The number of aryl methyl sites for hydroxylation is 1. The summed E-state index contributed by atoms with van der Waals surface area (Å²) in [5.74, 6) is 1.73. The number of aromatic nitrogens is 2. The molecule has 0 N–H and O–H groups in total. The largest absolute Gasteiger partial charge is 0.497 e. The maximum atomic E-state index is 12.5. The van der Waals surface area contributed by atoms with Gasteiger partial charge in [0.05, 0.1) is 7.11 Å². The summed E-state index contributed by atoms with van der Waals surface area (Å²) in [6, 6.07) is 15.4. The SMILES string of the molecule is COc1cccc(N2CC(c3noc(-c4ccc(C)cc4)n3)CC2=O)c1. The van der Waals surface area contributed by atoms with Gasteiger partial charge in [-0.2, -0.15) is 4.98 Å². The minimum atomic E-state index is -0.0864. The second-order valence-electron chi connectivity index (χ2n) is 6.43. The number of hydrogen-bond donors (Lipinski definition) is 0. The highest BCUT2D eigenvalue weighted by atomic mass is 16.5. The highest BCUT2D eigenvalue weighted by Crippen LogP contribution is 2.32. The van der Waals surface area contributed by atoms with Gasteiger partial charge < -0.3 is 14.2 Å². The lowest BCUT2D eigenvalue weighted by Crippen LogP contribution is -2.24. The molecule has 1 aromatic heterocycles. The van der Waals surface area contributed by atoms with Crippen molar-refractivity contribution in [3.8, 4) is 17.2 Å². The van der Waals surface area contributed by atoms with Gasteiger partial charge in [0.1, 0.15) is 5.75 Å². The van der Waals surface area contributed by atoms with Gasteiger partial charge in [-0.05, 0) is 31.2 Å². The van der Waals surface area contributed by atoms with Crippen LogP contribution in [0.1, 0.15) is 23.7 Å². The molecular formula is C20H19N3O3. The Kier molecular flexibility index (Phi) is 4.16. The second kappa shape index (κ2) is 6.63. The Morgan fingerprint density at radius 1 is 1.19 bits per heavy atom. The van der Waals surface area contributed by atoms with E-state index in [1.54, 1.807) is 12.0 Å². The zero-order valence-corrected chi connectivity index (χ0v) is 14.7. The molecule has 0 aliphatic carbocycles. The van der Waals surface area contributed by atoms with Gasteiger partial charge in [0.2, 0.25) is 5.91 Å². The summed E-state index contributed by atoms with van der Waals surface area (Å²) >= 11 is 0. The summed E-state index contributed by atoms with van der Waals surface area (Å²) in [4.78, 5) is 18.7. The lowest BCUT2D eigenvalue weighted by atomic mass is 10.1. The third kappa shape index (κ3) is 3.06. The first-order valence-electron chi connectivity index (χ1n) is 8.49. The number of carbonyl (C=O) groups excluding carboxylic acids is 1. The van der Waals surface area contributed by atoms with Gasteiger partial charge in [0.25, 0.3) is 5.89 Å². The molecule has 1 fully saturated rings. The summed E-state index contributed by atoms with van der Waals surface area (Å²) in [6.45, 7) is 2.55. The monoisotopic (exact) mass is 349 g/mol. The molecule has 1 aliphatic rings. The maximum Gasteiger partial charge on any atom is 0.257 e. The fourth-order valence-electron chi connectivity index (χ4n) is 3.12. The third-order valence-electron chi connectivity index (χ3n) is 4.60. The molecule has 1 saturated heterocycles. The molecule has 3 aromatic rings. The number of amides is 1. The molecule has 2 aromatic carbocycles. The van der Waals surface area contributed by atoms with Crippen LogP contribution in [0.2, 0.25) is 0 Å². The molecule has 4 rings (SSSR count). The first-order chi connectivity index (χ1) is 12.6. The highest BCUT2D eigenvalue weighted by molar-refractivity contribution is 5.96. The van der Waals surface area contributed by atoms with Gasteiger partial charge in [-0.3, -0.25) is 4.79 Å². The number of nitrogens with zero attached hydrogens (tertiary/aromatic N) is 3. The van der Waals surface area contributed by atoms with Gasteiger partial charge in [-0.25, -0.2) is 0 Å². The van der Waals surface area contributed by atoms with Crippen molar-refractivity contribution in [1.29, 1.82) is 0 Å². The second-order valence-corrected chi connectivity index (χ2v) is 6.43. The third-order valence-corrected chi connectivity index (χ3v) is 4.60. The quantitative estimate of drug-likeness (QED) is 0.720. The molecule has 1 amide bonds. The summed E-state index contributed by atoms with van der Waals surface area (Å²) in [7, 11) is 1.61. The van der Waals surface area contributed by atoms with Crippen LogP contribution >= 0.6 is 0 Å². The van der Waals surface area contributed by atoms with Crippen LogP contribution in [0.15, 0.2) is 53.1 Å². The Balaban J connectivity index is 1.54. The smallest absolute Gasteiger partial charge is 0.257 e. The molecule has 6 heteroatoms. The van der Waals surface area contributed by atoms with E-state index >= 15 is 0 Å². The van der Waals surface area contributed by atoms with Crippen LogP contribution in [-0.4, -0.2) is 29.7 Å². The summed E-state index contributed by atoms with van der Waals surface area (Å²) in [5, 5.41) is 4.10. The molecule has 0 bridgehead atoms. The molecule has 132 valence electrons. The Morgan fingerprint density at radius 2 is 2.00 bits per heavy atom. The molecule has 1 unspecified atom stereocenters. The van der Waals surface area contributed by atoms with Crippen molar-refractivity contribution in [2.75, 3.05) is 18.6 Å². The van der Waals surface area contributed by atoms with E-state index in [2.05, 4.69) is 10.1 Å². The van der Waals surface area contributed by atoms with Crippen molar-refractivity contribution in [3.63, 3.8) is 0 Å². The summed E-state index contributed by atoms with van der Waals surface area (Å²) in [6.07, 6.45) is 0.365. The molecule has 0 saturated carbocycles. The summed E-state index contributed by atoms with van der Waals surface area (Å²) < 4.78 is 10.6. The number of rotatable bonds is 4.